The van der Waals surface area contributed by atoms with Gasteiger partial charge in [-0.15, -0.1) is 0 Å². The van der Waals surface area contributed by atoms with Gasteiger partial charge in [0.1, 0.15) is 17.8 Å². The van der Waals surface area contributed by atoms with Crippen molar-refractivity contribution in [1.29, 1.82) is 0 Å². The first-order valence-electron chi connectivity index (χ1n) is 8.63. The maximum absolute atomic E-state index is 9.06. The van der Waals surface area contributed by atoms with Crippen molar-refractivity contribution in [1.82, 2.24) is 14.9 Å². The normalized spacial score (nSPS) is 15.3. The van der Waals surface area contributed by atoms with Crippen molar-refractivity contribution < 1.29 is 9.84 Å². The van der Waals surface area contributed by atoms with Gasteiger partial charge in [0.2, 0.25) is 5.88 Å². The summed E-state index contributed by atoms with van der Waals surface area (Å²) in [6.45, 7) is 8.03. The number of anilines is 2. The zero-order valence-corrected chi connectivity index (χ0v) is 15.8. The van der Waals surface area contributed by atoms with Crippen molar-refractivity contribution in [3.05, 3.63) is 34.6 Å². The molecule has 1 aromatic heterocycles. The van der Waals surface area contributed by atoms with Crippen LogP contribution in [-0.2, 0) is 0 Å². The van der Waals surface area contributed by atoms with Crippen LogP contribution in [0, 0.1) is 13.8 Å². The second-order valence-corrected chi connectivity index (χ2v) is 6.82. The molecule has 0 saturated carbocycles. The molecule has 0 atom stereocenters. The Hall–Kier alpha value is -2.09. The summed E-state index contributed by atoms with van der Waals surface area (Å²) >= 11 is 6.21. The van der Waals surface area contributed by atoms with Crippen molar-refractivity contribution in [2.24, 2.45) is 0 Å². The number of aromatic nitrogens is 2. The van der Waals surface area contributed by atoms with Gasteiger partial charge in [0.15, 0.2) is 5.82 Å². The molecule has 7 nitrogen and oxygen atoms in total. The summed E-state index contributed by atoms with van der Waals surface area (Å²) in [6, 6.07) is 3.73. The van der Waals surface area contributed by atoms with E-state index >= 15 is 0 Å². The number of rotatable bonds is 5. The van der Waals surface area contributed by atoms with Crippen LogP contribution in [0.15, 0.2) is 18.5 Å². The molecule has 0 spiro atoms. The number of piperazine rings is 1. The SMILES string of the molecule is Cc1cc(Oc2ncnc(N3CCN(CCO)CC3)c2N)cc(C)c1Cl. The van der Waals surface area contributed by atoms with Gasteiger partial charge in [-0.2, -0.15) is 4.98 Å². The Morgan fingerprint density at radius 3 is 2.42 bits per heavy atom. The van der Waals surface area contributed by atoms with E-state index in [2.05, 4.69) is 19.8 Å². The minimum atomic E-state index is 0.174. The van der Waals surface area contributed by atoms with Crippen LogP contribution >= 0.6 is 11.6 Å². The van der Waals surface area contributed by atoms with E-state index in [9.17, 15) is 0 Å². The molecule has 0 bridgehead atoms. The van der Waals surface area contributed by atoms with Gasteiger partial charge < -0.3 is 20.5 Å². The predicted molar refractivity (Wildman–Crippen MR) is 103 cm³/mol. The second-order valence-electron chi connectivity index (χ2n) is 6.44. The van der Waals surface area contributed by atoms with E-state index in [4.69, 9.17) is 27.2 Å². The fourth-order valence-electron chi connectivity index (χ4n) is 3.11. The Morgan fingerprint density at radius 2 is 1.81 bits per heavy atom. The molecule has 1 saturated heterocycles. The van der Waals surface area contributed by atoms with Crippen molar-refractivity contribution >= 4 is 23.1 Å². The zero-order valence-electron chi connectivity index (χ0n) is 15.1. The Kier molecular flexibility index (Phi) is 5.80. The lowest BCUT2D eigenvalue weighted by Crippen LogP contribution is -2.47. The van der Waals surface area contributed by atoms with Gasteiger partial charge in [-0.1, -0.05) is 11.6 Å². The molecule has 0 aliphatic carbocycles. The third kappa shape index (κ3) is 4.00. The minimum absolute atomic E-state index is 0.174. The molecular formula is C18H24ClN5O2. The summed E-state index contributed by atoms with van der Waals surface area (Å²) in [7, 11) is 0. The van der Waals surface area contributed by atoms with Crippen LogP contribution < -0.4 is 15.4 Å². The molecule has 26 heavy (non-hydrogen) atoms. The molecule has 3 N–H and O–H groups in total. The highest BCUT2D eigenvalue weighted by Crippen LogP contribution is 2.34. The van der Waals surface area contributed by atoms with E-state index in [1.54, 1.807) is 0 Å². The quantitative estimate of drug-likeness (QED) is 0.826. The van der Waals surface area contributed by atoms with Crippen molar-refractivity contribution in [2.45, 2.75) is 13.8 Å². The number of β-amino-alcohol motifs (C(OH)–C–C–N with tert-alkyl or cyclic N) is 1. The van der Waals surface area contributed by atoms with E-state index in [0.717, 1.165) is 42.3 Å². The van der Waals surface area contributed by atoms with E-state index in [1.165, 1.54) is 6.33 Å². The van der Waals surface area contributed by atoms with E-state index in [1.807, 2.05) is 26.0 Å². The van der Waals surface area contributed by atoms with Crippen LogP contribution in [0.4, 0.5) is 11.5 Å². The van der Waals surface area contributed by atoms with Crippen LogP contribution in [0.1, 0.15) is 11.1 Å². The number of ether oxygens (including phenoxy) is 1. The van der Waals surface area contributed by atoms with E-state index < -0.39 is 0 Å². The molecule has 140 valence electrons. The number of aryl methyl sites for hydroxylation is 2. The Labute approximate surface area is 158 Å². The first kappa shape index (κ1) is 18.7. The number of hydrogen-bond acceptors (Lipinski definition) is 7. The molecule has 2 heterocycles. The first-order valence-corrected chi connectivity index (χ1v) is 9.00. The number of hydrogen-bond donors (Lipinski definition) is 2. The lowest BCUT2D eigenvalue weighted by molar-refractivity contribution is 0.188. The van der Waals surface area contributed by atoms with Gasteiger partial charge in [-0.25, -0.2) is 4.98 Å². The summed E-state index contributed by atoms with van der Waals surface area (Å²) in [5, 5.41) is 9.79. The van der Waals surface area contributed by atoms with Gasteiger partial charge in [0.25, 0.3) is 0 Å². The van der Waals surface area contributed by atoms with Gasteiger partial charge >= 0.3 is 0 Å². The molecule has 3 rings (SSSR count). The molecule has 1 aliphatic rings. The fourth-order valence-corrected chi connectivity index (χ4v) is 3.21. The topological polar surface area (TPSA) is 87.7 Å². The number of aliphatic hydroxyl groups is 1. The average molecular weight is 378 g/mol. The fraction of sp³-hybridized carbons (Fsp3) is 0.444. The van der Waals surface area contributed by atoms with Crippen molar-refractivity contribution in [3.8, 4) is 11.6 Å². The summed E-state index contributed by atoms with van der Waals surface area (Å²) in [4.78, 5) is 12.9. The highest BCUT2D eigenvalue weighted by Gasteiger charge is 2.21. The molecule has 2 aromatic rings. The van der Waals surface area contributed by atoms with Gasteiger partial charge in [-0.05, 0) is 37.1 Å². The predicted octanol–water partition coefficient (Wildman–Crippen LogP) is 2.24. The maximum atomic E-state index is 9.06. The van der Waals surface area contributed by atoms with Crippen LogP contribution in [0.3, 0.4) is 0 Å². The maximum Gasteiger partial charge on any atom is 0.248 e. The lowest BCUT2D eigenvalue weighted by Gasteiger charge is -2.35. The number of halogens is 1. The van der Waals surface area contributed by atoms with Crippen molar-refractivity contribution in [2.75, 3.05) is 50.0 Å². The van der Waals surface area contributed by atoms with E-state index in [-0.39, 0.29) is 6.61 Å². The first-order chi connectivity index (χ1) is 12.5. The minimum Gasteiger partial charge on any atom is -0.437 e. The highest BCUT2D eigenvalue weighted by atomic mass is 35.5. The van der Waals surface area contributed by atoms with Gasteiger partial charge in [-0.3, -0.25) is 4.90 Å². The number of benzene rings is 1. The van der Waals surface area contributed by atoms with Crippen LogP contribution in [0.25, 0.3) is 0 Å². The summed E-state index contributed by atoms with van der Waals surface area (Å²) in [6.07, 6.45) is 1.47. The molecule has 8 heteroatoms. The standard InChI is InChI=1S/C18H24ClN5O2/c1-12-9-14(10-13(2)15(12)19)26-18-16(20)17(21-11-22-18)24-5-3-23(4-6-24)7-8-25/h9-11,25H,3-8,20H2,1-2H3. The molecule has 1 aromatic carbocycles. The van der Waals surface area contributed by atoms with Crippen LogP contribution in [0.2, 0.25) is 5.02 Å². The van der Waals surface area contributed by atoms with Crippen LogP contribution in [0.5, 0.6) is 11.6 Å². The van der Waals surface area contributed by atoms with Gasteiger partial charge in [0.05, 0.1) is 6.61 Å². The largest absolute Gasteiger partial charge is 0.437 e. The molecule has 1 fully saturated rings. The Bertz CT molecular complexity index is 755. The number of aliphatic hydroxyl groups excluding tert-OH is 1. The molecule has 0 radical (unpaired) electrons. The number of nitrogens with two attached hydrogens (primary N) is 1. The summed E-state index contributed by atoms with van der Waals surface area (Å²) in [5.41, 5.74) is 8.59. The smallest absolute Gasteiger partial charge is 0.248 e. The average Bonchev–Trinajstić information content (AvgIpc) is 2.62. The third-order valence-corrected chi connectivity index (χ3v) is 5.14. The summed E-state index contributed by atoms with van der Waals surface area (Å²) in [5.74, 6) is 1.67. The van der Waals surface area contributed by atoms with Crippen LogP contribution in [-0.4, -0.2) is 59.3 Å². The molecule has 0 amide bonds. The number of nitrogen functional groups attached to an aromatic ring is 1. The molecule has 0 unspecified atom stereocenters. The monoisotopic (exact) mass is 377 g/mol. The Morgan fingerprint density at radius 1 is 1.15 bits per heavy atom. The highest BCUT2D eigenvalue weighted by molar-refractivity contribution is 6.32. The second kappa shape index (κ2) is 8.07. The number of nitrogens with zero attached hydrogens (tertiary/aromatic N) is 4. The summed E-state index contributed by atoms with van der Waals surface area (Å²) < 4.78 is 5.91. The molecule has 1 aliphatic heterocycles. The molecular weight excluding hydrogens is 354 g/mol. The lowest BCUT2D eigenvalue weighted by atomic mass is 10.1. The Balaban J connectivity index is 1.78. The van der Waals surface area contributed by atoms with Crippen molar-refractivity contribution in [3.63, 3.8) is 0 Å². The van der Waals surface area contributed by atoms with E-state index in [0.29, 0.717) is 29.7 Å². The third-order valence-electron chi connectivity index (χ3n) is 4.54. The zero-order chi connectivity index (χ0) is 18.7. The van der Waals surface area contributed by atoms with Gasteiger partial charge in [0, 0.05) is 37.7 Å².